The molecule has 0 aromatic heterocycles. The number of aliphatic carboxylic acids is 1. The predicted octanol–water partition coefficient (Wildman–Crippen LogP) is 0.710. The fourth-order valence-corrected chi connectivity index (χ4v) is 1.65. The van der Waals surface area contributed by atoms with Crippen molar-refractivity contribution in [1.29, 1.82) is 0 Å². The summed E-state index contributed by atoms with van der Waals surface area (Å²) in [7, 11) is 0. The second kappa shape index (κ2) is 7.53. The second-order valence-electron chi connectivity index (χ2n) is 4.42. The molecule has 0 heterocycles. The Balaban J connectivity index is 2.29. The largest absolute Gasteiger partial charge is 0.480 e. The second-order valence-corrected chi connectivity index (χ2v) is 4.42. The van der Waals surface area contributed by atoms with Crippen molar-refractivity contribution in [3.8, 4) is 0 Å². The smallest absolute Gasteiger partial charge is 0.321 e. The summed E-state index contributed by atoms with van der Waals surface area (Å²) in [5.74, 6) is -1.50. The fourth-order valence-electron chi connectivity index (χ4n) is 1.65. The lowest BCUT2D eigenvalue weighted by molar-refractivity contribution is -0.140. The number of aryl methyl sites for hydroxylation is 1. The number of rotatable bonds is 7. The summed E-state index contributed by atoms with van der Waals surface area (Å²) in [6.07, 6.45) is 1.53. The van der Waals surface area contributed by atoms with E-state index < -0.39 is 12.0 Å². The molecule has 1 aromatic carbocycles. The highest BCUT2D eigenvalue weighted by atomic mass is 16.4. The molecule has 104 valence electrons. The molecule has 0 aliphatic carbocycles. The number of nitrogens with two attached hydrogens (primary N) is 1. The number of carbonyl (C=O) groups is 2. The van der Waals surface area contributed by atoms with Crippen LogP contribution in [0.15, 0.2) is 24.3 Å². The highest BCUT2D eigenvalue weighted by molar-refractivity contribution is 5.84. The molecule has 0 saturated carbocycles. The van der Waals surface area contributed by atoms with Gasteiger partial charge in [0.05, 0.1) is 6.42 Å². The van der Waals surface area contributed by atoms with Crippen LogP contribution in [0.2, 0.25) is 0 Å². The molecule has 1 amide bonds. The molecule has 1 atom stereocenters. The van der Waals surface area contributed by atoms with E-state index in [9.17, 15) is 9.59 Å². The molecule has 1 rings (SSSR count). The lowest BCUT2D eigenvalue weighted by Crippen LogP contribution is -2.37. The third-order valence-electron chi connectivity index (χ3n) is 2.89. The van der Waals surface area contributed by atoms with Crippen molar-refractivity contribution >= 4 is 11.9 Å². The van der Waals surface area contributed by atoms with Gasteiger partial charge in [0.2, 0.25) is 5.91 Å². The average molecular weight is 264 g/mol. The van der Waals surface area contributed by atoms with E-state index in [4.69, 9.17) is 10.8 Å². The molecule has 4 N–H and O–H groups in total. The minimum absolute atomic E-state index is 0.190. The molecule has 5 heteroatoms. The highest BCUT2D eigenvalue weighted by Crippen LogP contribution is 2.05. The zero-order chi connectivity index (χ0) is 14.3. The summed E-state index contributed by atoms with van der Waals surface area (Å²) in [5, 5.41) is 11.2. The van der Waals surface area contributed by atoms with Gasteiger partial charge < -0.3 is 16.2 Å². The molecule has 1 aromatic rings. The molecule has 0 aliphatic heterocycles. The SMILES string of the molecule is CCc1ccc(CCNC(=O)CC(N)C(=O)O)cc1. The van der Waals surface area contributed by atoms with Crippen LogP contribution in [0.4, 0.5) is 0 Å². The van der Waals surface area contributed by atoms with Crippen molar-refractivity contribution in [2.45, 2.75) is 32.2 Å². The normalized spacial score (nSPS) is 11.9. The Morgan fingerprint density at radius 3 is 2.37 bits per heavy atom. The van der Waals surface area contributed by atoms with Gasteiger partial charge in [0.25, 0.3) is 0 Å². The van der Waals surface area contributed by atoms with Gasteiger partial charge in [-0.25, -0.2) is 0 Å². The van der Waals surface area contributed by atoms with E-state index in [1.165, 1.54) is 5.56 Å². The Hall–Kier alpha value is -1.88. The van der Waals surface area contributed by atoms with Crippen molar-refractivity contribution in [1.82, 2.24) is 5.32 Å². The Morgan fingerprint density at radius 1 is 1.26 bits per heavy atom. The highest BCUT2D eigenvalue weighted by Gasteiger charge is 2.15. The Kier molecular flexibility index (Phi) is 6.02. The van der Waals surface area contributed by atoms with Gasteiger partial charge in [-0.05, 0) is 24.0 Å². The van der Waals surface area contributed by atoms with Gasteiger partial charge >= 0.3 is 5.97 Å². The molecule has 1 unspecified atom stereocenters. The van der Waals surface area contributed by atoms with Gasteiger partial charge in [-0.3, -0.25) is 9.59 Å². The molecule has 5 nitrogen and oxygen atoms in total. The standard InChI is InChI=1S/C14H20N2O3/c1-2-10-3-5-11(6-4-10)7-8-16-13(17)9-12(15)14(18)19/h3-6,12H,2,7-9,15H2,1H3,(H,16,17)(H,18,19). The Labute approximate surface area is 112 Å². The first-order valence-electron chi connectivity index (χ1n) is 6.35. The van der Waals surface area contributed by atoms with Crippen LogP contribution in [0.5, 0.6) is 0 Å². The van der Waals surface area contributed by atoms with E-state index in [1.54, 1.807) is 0 Å². The molecular formula is C14H20N2O3. The average Bonchev–Trinajstić information content (AvgIpc) is 2.39. The first kappa shape index (κ1) is 15.2. The molecule has 0 spiro atoms. The number of nitrogens with one attached hydrogen (secondary N) is 1. The summed E-state index contributed by atoms with van der Waals surface area (Å²) >= 11 is 0. The van der Waals surface area contributed by atoms with Crippen LogP contribution in [0, 0.1) is 0 Å². The van der Waals surface area contributed by atoms with Gasteiger partial charge in [0.1, 0.15) is 6.04 Å². The third-order valence-corrected chi connectivity index (χ3v) is 2.89. The number of amides is 1. The van der Waals surface area contributed by atoms with Crippen LogP contribution in [0.3, 0.4) is 0 Å². The first-order chi connectivity index (χ1) is 9.02. The fraction of sp³-hybridized carbons (Fsp3) is 0.429. The summed E-state index contributed by atoms with van der Waals surface area (Å²) in [6.45, 7) is 2.58. The number of carboxylic acid groups (broad SMARTS) is 1. The molecule has 0 fully saturated rings. The van der Waals surface area contributed by atoms with E-state index in [2.05, 4.69) is 24.4 Å². The minimum Gasteiger partial charge on any atom is -0.480 e. The van der Waals surface area contributed by atoms with Crippen molar-refractivity contribution in [3.63, 3.8) is 0 Å². The number of carboxylic acids is 1. The topological polar surface area (TPSA) is 92.4 Å². The number of hydrogen-bond donors (Lipinski definition) is 3. The van der Waals surface area contributed by atoms with Crippen LogP contribution >= 0.6 is 0 Å². The Bertz CT molecular complexity index is 429. The van der Waals surface area contributed by atoms with E-state index in [-0.39, 0.29) is 12.3 Å². The predicted molar refractivity (Wildman–Crippen MR) is 72.8 cm³/mol. The molecule has 0 bridgehead atoms. The van der Waals surface area contributed by atoms with Crippen molar-refractivity contribution in [2.75, 3.05) is 6.54 Å². The summed E-state index contributed by atoms with van der Waals surface area (Å²) in [5.41, 5.74) is 7.69. The van der Waals surface area contributed by atoms with Gasteiger partial charge in [0, 0.05) is 6.54 Å². The maximum absolute atomic E-state index is 11.4. The van der Waals surface area contributed by atoms with Crippen LogP contribution < -0.4 is 11.1 Å². The van der Waals surface area contributed by atoms with Crippen molar-refractivity contribution < 1.29 is 14.7 Å². The minimum atomic E-state index is -1.16. The molecular weight excluding hydrogens is 244 g/mol. The first-order valence-corrected chi connectivity index (χ1v) is 6.35. The summed E-state index contributed by atoms with van der Waals surface area (Å²) in [6, 6.07) is 7.07. The zero-order valence-electron chi connectivity index (χ0n) is 11.1. The molecule has 0 saturated heterocycles. The summed E-state index contributed by atoms with van der Waals surface area (Å²) < 4.78 is 0. The zero-order valence-corrected chi connectivity index (χ0v) is 11.1. The molecule has 19 heavy (non-hydrogen) atoms. The maximum Gasteiger partial charge on any atom is 0.321 e. The van der Waals surface area contributed by atoms with Gasteiger partial charge in [-0.15, -0.1) is 0 Å². The van der Waals surface area contributed by atoms with E-state index >= 15 is 0 Å². The van der Waals surface area contributed by atoms with Crippen molar-refractivity contribution in [2.24, 2.45) is 5.73 Å². The van der Waals surface area contributed by atoms with Crippen LogP contribution in [0.1, 0.15) is 24.5 Å². The van der Waals surface area contributed by atoms with Crippen LogP contribution in [-0.4, -0.2) is 29.6 Å². The molecule has 0 radical (unpaired) electrons. The molecule has 0 aliphatic rings. The third kappa shape index (κ3) is 5.52. The maximum atomic E-state index is 11.4. The lowest BCUT2D eigenvalue weighted by Gasteiger charge is -2.08. The number of hydrogen-bond acceptors (Lipinski definition) is 3. The number of carbonyl (C=O) groups excluding carboxylic acids is 1. The van der Waals surface area contributed by atoms with Gasteiger partial charge in [0.15, 0.2) is 0 Å². The van der Waals surface area contributed by atoms with Crippen LogP contribution in [0.25, 0.3) is 0 Å². The quantitative estimate of drug-likeness (QED) is 0.676. The number of benzene rings is 1. The van der Waals surface area contributed by atoms with E-state index in [1.807, 2.05) is 12.1 Å². The van der Waals surface area contributed by atoms with E-state index in [0.29, 0.717) is 6.54 Å². The Morgan fingerprint density at radius 2 is 1.84 bits per heavy atom. The lowest BCUT2D eigenvalue weighted by atomic mass is 10.1. The van der Waals surface area contributed by atoms with Crippen molar-refractivity contribution in [3.05, 3.63) is 35.4 Å². The van der Waals surface area contributed by atoms with Gasteiger partial charge in [-0.1, -0.05) is 31.2 Å². The van der Waals surface area contributed by atoms with E-state index in [0.717, 1.165) is 18.4 Å². The summed E-state index contributed by atoms with van der Waals surface area (Å²) in [4.78, 5) is 21.9. The monoisotopic (exact) mass is 264 g/mol. The van der Waals surface area contributed by atoms with Crippen LogP contribution in [-0.2, 0) is 22.4 Å². The van der Waals surface area contributed by atoms with Gasteiger partial charge in [-0.2, -0.15) is 0 Å².